The van der Waals surface area contributed by atoms with Gasteiger partial charge in [0.15, 0.2) is 0 Å². The van der Waals surface area contributed by atoms with E-state index in [1.807, 2.05) is 0 Å². The van der Waals surface area contributed by atoms with Gasteiger partial charge in [-0.15, -0.1) is 0 Å². The molecule has 0 spiro atoms. The van der Waals surface area contributed by atoms with E-state index in [0.717, 1.165) is 26.1 Å². The molecule has 0 saturated carbocycles. The van der Waals surface area contributed by atoms with Crippen LogP contribution in [0.2, 0.25) is 0 Å². The van der Waals surface area contributed by atoms with Crippen LogP contribution in [0.25, 0.3) is 0 Å². The lowest BCUT2D eigenvalue weighted by Crippen LogP contribution is -2.56. The van der Waals surface area contributed by atoms with Crippen LogP contribution in [0.1, 0.15) is 30.9 Å². The SMILES string of the molecule is CCOC(=O)N1CCN(S(=O)(=O)N2CCC[C@@H](C(=O)NCCN3CCc4ccccc4C3)C2)CC1. The number of amides is 2. The van der Waals surface area contributed by atoms with E-state index < -0.39 is 16.3 Å². The third-order valence-electron chi connectivity index (χ3n) is 7.11. The number of piperidine rings is 1. The van der Waals surface area contributed by atoms with Gasteiger partial charge in [-0.05, 0) is 37.3 Å². The van der Waals surface area contributed by atoms with E-state index in [9.17, 15) is 18.0 Å². The smallest absolute Gasteiger partial charge is 0.409 e. The summed E-state index contributed by atoms with van der Waals surface area (Å²) in [6.45, 7) is 6.92. The first-order chi connectivity index (χ1) is 16.9. The number of nitrogens with one attached hydrogen (secondary N) is 1. The lowest BCUT2D eigenvalue weighted by molar-refractivity contribution is -0.126. The number of carbonyl (C=O) groups excluding carboxylic acids is 2. The fourth-order valence-electron chi connectivity index (χ4n) is 5.07. The molecule has 11 heteroatoms. The molecule has 2 amide bonds. The van der Waals surface area contributed by atoms with E-state index in [1.165, 1.54) is 24.6 Å². The number of rotatable bonds is 7. The van der Waals surface area contributed by atoms with E-state index in [4.69, 9.17) is 4.74 Å². The van der Waals surface area contributed by atoms with Crippen molar-refractivity contribution in [1.29, 1.82) is 0 Å². The number of nitrogens with zero attached hydrogens (tertiary/aromatic N) is 4. The third-order valence-corrected chi connectivity index (χ3v) is 9.11. The summed E-state index contributed by atoms with van der Waals surface area (Å²) in [6, 6.07) is 8.48. The predicted octanol–water partition coefficient (Wildman–Crippen LogP) is 0.892. The van der Waals surface area contributed by atoms with Crippen LogP contribution < -0.4 is 5.32 Å². The van der Waals surface area contributed by atoms with Gasteiger partial charge in [0.05, 0.1) is 12.5 Å². The topological polar surface area (TPSA) is 102 Å². The molecule has 1 N–H and O–H groups in total. The molecule has 2 fully saturated rings. The van der Waals surface area contributed by atoms with Gasteiger partial charge in [0.1, 0.15) is 0 Å². The molecule has 35 heavy (non-hydrogen) atoms. The van der Waals surface area contributed by atoms with Crippen LogP contribution in [0.3, 0.4) is 0 Å². The molecule has 0 aliphatic carbocycles. The van der Waals surface area contributed by atoms with Crippen LogP contribution >= 0.6 is 0 Å². The maximum atomic E-state index is 13.2. The molecule has 3 heterocycles. The van der Waals surface area contributed by atoms with E-state index in [-0.39, 0.29) is 31.5 Å². The molecular formula is C24H37N5O5S. The fourth-order valence-corrected chi connectivity index (χ4v) is 6.75. The van der Waals surface area contributed by atoms with Gasteiger partial charge in [0, 0.05) is 65.4 Å². The van der Waals surface area contributed by atoms with Crippen molar-refractivity contribution in [2.75, 3.05) is 65.5 Å². The van der Waals surface area contributed by atoms with Crippen molar-refractivity contribution in [3.05, 3.63) is 35.4 Å². The second kappa shape index (κ2) is 11.7. The summed E-state index contributed by atoms with van der Waals surface area (Å²) in [5.74, 6) is -0.420. The van der Waals surface area contributed by atoms with E-state index in [0.29, 0.717) is 45.6 Å². The van der Waals surface area contributed by atoms with Crippen molar-refractivity contribution in [2.45, 2.75) is 32.7 Å². The first-order valence-electron chi connectivity index (χ1n) is 12.6. The monoisotopic (exact) mass is 507 g/mol. The van der Waals surface area contributed by atoms with Crippen molar-refractivity contribution in [3.63, 3.8) is 0 Å². The predicted molar refractivity (Wildman–Crippen MR) is 132 cm³/mol. The van der Waals surface area contributed by atoms with Crippen LogP contribution in [0.5, 0.6) is 0 Å². The Balaban J connectivity index is 1.23. The van der Waals surface area contributed by atoms with Crippen molar-refractivity contribution < 1.29 is 22.7 Å². The van der Waals surface area contributed by atoms with Gasteiger partial charge in [-0.2, -0.15) is 17.0 Å². The molecule has 1 aromatic rings. The minimum atomic E-state index is -3.68. The van der Waals surface area contributed by atoms with Crippen LogP contribution in [-0.2, 0) is 32.7 Å². The molecule has 0 radical (unpaired) electrons. The molecule has 0 unspecified atom stereocenters. The molecule has 194 valence electrons. The van der Waals surface area contributed by atoms with Gasteiger partial charge in [-0.25, -0.2) is 4.79 Å². The first kappa shape index (κ1) is 25.9. The minimum absolute atomic E-state index is 0.0746. The Hall–Kier alpha value is -2.21. The van der Waals surface area contributed by atoms with Gasteiger partial charge in [0.25, 0.3) is 10.2 Å². The van der Waals surface area contributed by atoms with Crippen LogP contribution in [0, 0.1) is 5.92 Å². The second-order valence-corrected chi connectivity index (χ2v) is 11.3. The second-order valence-electron chi connectivity index (χ2n) is 9.38. The number of hydrogen-bond donors (Lipinski definition) is 1. The zero-order valence-electron chi connectivity index (χ0n) is 20.5. The molecular weight excluding hydrogens is 470 g/mol. The highest BCUT2D eigenvalue weighted by molar-refractivity contribution is 7.86. The summed E-state index contributed by atoms with van der Waals surface area (Å²) in [5, 5.41) is 3.03. The molecule has 3 aliphatic rings. The maximum absolute atomic E-state index is 13.2. The molecule has 1 aromatic carbocycles. The largest absolute Gasteiger partial charge is 0.450 e. The van der Waals surface area contributed by atoms with Gasteiger partial charge < -0.3 is 15.0 Å². The minimum Gasteiger partial charge on any atom is -0.450 e. The van der Waals surface area contributed by atoms with Gasteiger partial charge in [-0.3, -0.25) is 9.69 Å². The van der Waals surface area contributed by atoms with Crippen molar-refractivity contribution >= 4 is 22.2 Å². The van der Waals surface area contributed by atoms with Crippen molar-refractivity contribution in [1.82, 2.24) is 23.7 Å². The van der Waals surface area contributed by atoms with E-state index in [2.05, 4.69) is 34.5 Å². The Kier molecular flexibility index (Phi) is 8.64. The van der Waals surface area contributed by atoms with Gasteiger partial charge >= 0.3 is 6.09 Å². The Morgan fingerprint density at radius 1 is 1.03 bits per heavy atom. The summed E-state index contributed by atoms with van der Waals surface area (Å²) in [7, 11) is -3.68. The average Bonchev–Trinajstić information content (AvgIpc) is 2.89. The number of ether oxygens (including phenoxy) is 1. The first-order valence-corrected chi connectivity index (χ1v) is 14.0. The highest BCUT2D eigenvalue weighted by Crippen LogP contribution is 2.23. The molecule has 2 saturated heterocycles. The molecule has 10 nitrogen and oxygen atoms in total. The zero-order valence-corrected chi connectivity index (χ0v) is 21.3. The third kappa shape index (κ3) is 6.32. The molecule has 1 atom stereocenters. The van der Waals surface area contributed by atoms with Crippen molar-refractivity contribution in [2.24, 2.45) is 5.92 Å². The Morgan fingerprint density at radius 3 is 2.51 bits per heavy atom. The zero-order chi connectivity index (χ0) is 24.8. The van der Waals surface area contributed by atoms with Gasteiger partial charge in [0.2, 0.25) is 5.91 Å². The summed E-state index contributed by atoms with van der Waals surface area (Å²) in [5.41, 5.74) is 2.75. The van der Waals surface area contributed by atoms with Crippen LogP contribution in [0.4, 0.5) is 4.79 Å². The maximum Gasteiger partial charge on any atom is 0.409 e. The van der Waals surface area contributed by atoms with Crippen LogP contribution in [-0.4, -0.2) is 104 Å². The molecule has 0 aromatic heterocycles. The number of benzene rings is 1. The van der Waals surface area contributed by atoms with Gasteiger partial charge in [-0.1, -0.05) is 24.3 Å². The lowest BCUT2D eigenvalue weighted by Gasteiger charge is -2.38. The Morgan fingerprint density at radius 2 is 1.77 bits per heavy atom. The Labute approximate surface area is 208 Å². The molecule has 0 bridgehead atoms. The molecule has 4 rings (SSSR count). The average molecular weight is 508 g/mol. The van der Waals surface area contributed by atoms with E-state index in [1.54, 1.807) is 6.92 Å². The Bertz CT molecular complexity index is 996. The van der Waals surface area contributed by atoms with Crippen LogP contribution in [0.15, 0.2) is 24.3 Å². The summed E-state index contributed by atoms with van der Waals surface area (Å²) in [4.78, 5) is 28.6. The summed E-state index contributed by atoms with van der Waals surface area (Å²) >= 11 is 0. The number of fused-ring (bicyclic) bond motifs is 1. The van der Waals surface area contributed by atoms with E-state index >= 15 is 0 Å². The van der Waals surface area contributed by atoms with Crippen molar-refractivity contribution in [3.8, 4) is 0 Å². The highest BCUT2D eigenvalue weighted by Gasteiger charge is 2.37. The summed E-state index contributed by atoms with van der Waals surface area (Å²) < 4.78 is 34.3. The highest BCUT2D eigenvalue weighted by atomic mass is 32.2. The normalized spacial score (nSPS) is 22.4. The number of carbonyl (C=O) groups is 2. The number of hydrogen-bond acceptors (Lipinski definition) is 6. The summed E-state index contributed by atoms with van der Waals surface area (Å²) in [6.07, 6.45) is 1.95. The quantitative estimate of drug-likeness (QED) is 0.588. The standard InChI is InChI=1S/C24H37N5O5S/c1-2-34-24(31)27-14-16-28(17-15-27)35(32,33)29-11-5-8-22(19-29)23(30)25-10-13-26-12-9-20-6-3-4-7-21(20)18-26/h3-4,6-7,22H,2,5,8-19H2,1H3,(H,25,30)/t22-/m1/s1. The molecule has 3 aliphatic heterocycles. The lowest BCUT2D eigenvalue weighted by atomic mass is 9.98. The number of piperazine rings is 1. The fraction of sp³-hybridized carbons (Fsp3) is 0.667.